The number of rotatable bonds is 7. The van der Waals surface area contributed by atoms with Gasteiger partial charge in [0.1, 0.15) is 17.5 Å². The van der Waals surface area contributed by atoms with Crippen LogP contribution in [0.5, 0.6) is 0 Å². The molecule has 0 atom stereocenters. The minimum atomic E-state index is -0.528. The summed E-state index contributed by atoms with van der Waals surface area (Å²) in [5.74, 6) is -0.761. The van der Waals surface area contributed by atoms with Crippen LogP contribution in [0.4, 0.5) is 26.0 Å². The van der Waals surface area contributed by atoms with Gasteiger partial charge < -0.3 is 15.5 Å². The predicted molar refractivity (Wildman–Crippen MR) is 125 cm³/mol. The van der Waals surface area contributed by atoms with Gasteiger partial charge in [-0.2, -0.15) is 0 Å². The first-order valence-electron chi connectivity index (χ1n) is 10.8. The van der Waals surface area contributed by atoms with Crippen LogP contribution in [0.3, 0.4) is 0 Å². The van der Waals surface area contributed by atoms with Crippen LogP contribution >= 0.6 is 11.6 Å². The summed E-state index contributed by atoms with van der Waals surface area (Å²) in [6.45, 7) is 3.09. The standard InChI is InChI=1S/C24H25ClF2N4O/c25-20-14-16(6-7-21(20)26)30-24-19-13-17(15-22(27)18(19)8-9-28-24)29-23(32)5-4-12-31-10-2-1-3-11-31/h6-9,13-15H,1-5,10-12H2,(H,28,30)(H,29,32). The van der Waals surface area contributed by atoms with Crippen molar-refractivity contribution >= 4 is 45.5 Å². The summed E-state index contributed by atoms with van der Waals surface area (Å²) in [7, 11) is 0. The van der Waals surface area contributed by atoms with Crippen molar-refractivity contribution in [3.05, 3.63) is 59.3 Å². The maximum Gasteiger partial charge on any atom is 0.224 e. The largest absolute Gasteiger partial charge is 0.340 e. The highest BCUT2D eigenvalue weighted by Gasteiger charge is 2.13. The van der Waals surface area contributed by atoms with Crippen LogP contribution in [-0.2, 0) is 4.79 Å². The molecule has 8 heteroatoms. The van der Waals surface area contributed by atoms with Gasteiger partial charge in [0.25, 0.3) is 0 Å². The number of hydrogen-bond donors (Lipinski definition) is 2. The number of nitrogens with zero attached hydrogens (tertiary/aromatic N) is 2. The third-order valence-electron chi connectivity index (χ3n) is 5.62. The number of benzene rings is 2. The molecule has 1 aromatic heterocycles. The van der Waals surface area contributed by atoms with Gasteiger partial charge in [0.15, 0.2) is 0 Å². The van der Waals surface area contributed by atoms with Gasteiger partial charge in [-0.1, -0.05) is 18.0 Å². The first-order valence-corrected chi connectivity index (χ1v) is 11.2. The van der Waals surface area contributed by atoms with E-state index < -0.39 is 11.6 Å². The van der Waals surface area contributed by atoms with E-state index in [0.29, 0.717) is 34.4 Å². The van der Waals surface area contributed by atoms with Crippen LogP contribution in [0.2, 0.25) is 5.02 Å². The molecule has 32 heavy (non-hydrogen) atoms. The van der Waals surface area contributed by atoms with E-state index in [2.05, 4.69) is 20.5 Å². The number of carbonyl (C=O) groups excluding carboxylic acids is 1. The van der Waals surface area contributed by atoms with Crippen molar-refractivity contribution < 1.29 is 13.6 Å². The van der Waals surface area contributed by atoms with Crippen molar-refractivity contribution in [2.75, 3.05) is 30.3 Å². The van der Waals surface area contributed by atoms with Crippen molar-refractivity contribution in [1.82, 2.24) is 9.88 Å². The van der Waals surface area contributed by atoms with Crippen LogP contribution in [0, 0.1) is 11.6 Å². The van der Waals surface area contributed by atoms with E-state index in [0.717, 1.165) is 26.1 Å². The van der Waals surface area contributed by atoms with Gasteiger partial charge in [0.2, 0.25) is 5.91 Å². The second kappa shape index (κ2) is 10.2. The van der Waals surface area contributed by atoms with Crippen molar-refractivity contribution in [3.63, 3.8) is 0 Å². The summed E-state index contributed by atoms with van der Waals surface area (Å²) in [6.07, 6.45) is 6.35. The summed E-state index contributed by atoms with van der Waals surface area (Å²) in [6, 6.07) is 8.75. The zero-order valence-corrected chi connectivity index (χ0v) is 18.4. The van der Waals surface area contributed by atoms with Crippen LogP contribution in [0.25, 0.3) is 10.8 Å². The van der Waals surface area contributed by atoms with E-state index in [4.69, 9.17) is 11.6 Å². The number of carbonyl (C=O) groups is 1. The van der Waals surface area contributed by atoms with Crippen LogP contribution in [-0.4, -0.2) is 35.4 Å². The van der Waals surface area contributed by atoms with E-state index >= 15 is 0 Å². The molecule has 0 unspecified atom stereocenters. The summed E-state index contributed by atoms with van der Waals surface area (Å²) in [5, 5.41) is 6.67. The second-order valence-electron chi connectivity index (χ2n) is 8.02. The van der Waals surface area contributed by atoms with Gasteiger partial charge in [0.05, 0.1) is 5.02 Å². The molecule has 1 aliphatic heterocycles. The summed E-state index contributed by atoms with van der Waals surface area (Å²) >= 11 is 5.85. The molecule has 0 saturated carbocycles. The Balaban J connectivity index is 1.47. The fraction of sp³-hybridized carbons (Fsp3) is 0.333. The number of fused-ring (bicyclic) bond motifs is 1. The molecule has 0 spiro atoms. The maximum absolute atomic E-state index is 14.7. The molecule has 0 bridgehead atoms. The van der Waals surface area contributed by atoms with Crippen molar-refractivity contribution in [3.8, 4) is 0 Å². The Morgan fingerprint density at radius 1 is 1.00 bits per heavy atom. The number of hydrogen-bond acceptors (Lipinski definition) is 4. The van der Waals surface area contributed by atoms with E-state index in [1.165, 1.54) is 49.7 Å². The Bertz CT molecular complexity index is 1120. The molecule has 168 valence electrons. The summed E-state index contributed by atoms with van der Waals surface area (Å²) in [5.41, 5.74) is 0.884. The third kappa shape index (κ3) is 5.53. The van der Waals surface area contributed by atoms with Gasteiger partial charge in [-0.05, 0) is 75.3 Å². The number of likely N-dealkylation sites (tertiary alicyclic amines) is 1. The molecule has 4 rings (SSSR count). The average molecular weight is 459 g/mol. The summed E-state index contributed by atoms with van der Waals surface area (Å²) in [4.78, 5) is 19.1. The fourth-order valence-electron chi connectivity index (χ4n) is 3.99. The lowest BCUT2D eigenvalue weighted by Gasteiger charge is -2.26. The molecule has 5 nitrogen and oxygen atoms in total. The van der Waals surface area contributed by atoms with Crippen molar-refractivity contribution in [2.45, 2.75) is 32.1 Å². The lowest BCUT2D eigenvalue weighted by Crippen LogP contribution is -2.31. The van der Waals surface area contributed by atoms with E-state index in [-0.39, 0.29) is 10.9 Å². The number of amides is 1. The average Bonchev–Trinajstić information content (AvgIpc) is 2.78. The van der Waals surface area contributed by atoms with Gasteiger partial charge in [-0.15, -0.1) is 0 Å². The fourth-order valence-corrected chi connectivity index (χ4v) is 4.17. The normalized spacial score (nSPS) is 14.5. The molecule has 2 heterocycles. The predicted octanol–water partition coefficient (Wildman–Crippen LogP) is 6.11. The Labute approximate surface area is 190 Å². The van der Waals surface area contributed by atoms with Gasteiger partial charge >= 0.3 is 0 Å². The topological polar surface area (TPSA) is 57.3 Å². The zero-order chi connectivity index (χ0) is 22.5. The molecule has 2 aromatic carbocycles. The van der Waals surface area contributed by atoms with Gasteiger partial charge in [-0.25, -0.2) is 13.8 Å². The monoisotopic (exact) mass is 458 g/mol. The molecule has 1 fully saturated rings. The highest BCUT2D eigenvalue weighted by atomic mass is 35.5. The molecular weight excluding hydrogens is 434 g/mol. The lowest BCUT2D eigenvalue weighted by atomic mass is 10.1. The smallest absolute Gasteiger partial charge is 0.224 e. The molecule has 0 radical (unpaired) electrons. The second-order valence-corrected chi connectivity index (χ2v) is 8.43. The molecule has 3 aromatic rings. The van der Waals surface area contributed by atoms with E-state index in [9.17, 15) is 13.6 Å². The molecule has 2 N–H and O–H groups in total. The molecule has 1 aliphatic rings. The quantitative estimate of drug-likeness (QED) is 0.448. The molecule has 1 amide bonds. The number of piperidine rings is 1. The van der Waals surface area contributed by atoms with Crippen LogP contribution < -0.4 is 10.6 Å². The van der Waals surface area contributed by atoms with Crippen LogP contribution in [0.1, 0.15) is 32.1 Å². The Kier molecular flexibility index (Phi) is 7.17. The molecule has 0 aliphatic carbocycles. The van der Waals surface area contributed by atoms with Crippen LogP contribution in [0.15, 0.2) is 42.6 Å². The maximum atomic E-state index is 14.7. The van der Waals surface area contributed by atoms with Gasteiger partial charge in [0, 0.05) is 34.8 Å². The van der Waals surface area contributed by atoms with E-state index in [1.807, 2.05) is 0 Å². The summed E-state index contributed by atoms with van der Waals surface area (Å²) < 4.78 is 28.2. The first-order chi connectivity index (χ1) is 15.5. The molecule has 1 saturated heterocycles. The SMILES string of the molecule is O=C(CCCN1CCCCC1)Nc1cc(F)c2ccnc(Nc3ccc(F)c(Cl)c3)c2c1. The number of anilines is 3. The molecular formula is C24H25ClF2N4O. The Morgan fingerprint density at radius 3 is 2.59 bits per heavy atom. The van der Waals surface area contributed by atoms with E-state index in [1.54, 1.807) is 12.1 Å². The lowest BCUT2D eigenvalue weighted by molar-refractivity contribution is -0.116. The Morgan fingerprint density at radius 2 is 1.81 bits per heavy atom. The third-order valence-corrected chi connectivity index (χ3v) is 5.91. The number of halogens is 3. The zero-order valence-electron chi connectivity index (χ0n) is 17.6. The highest BCUT2D eigenvalue weighted by molar-refractivity contribution is 6.31. The minimum absolute atomic E-state index is 0.0288. The van der Waals surface area contributed by atoms with Gasteiger partial charge in [-0.3, -0.25) is 4.79 Å². The first kappa shape index (κ1) is 22.4. The Hall–Kier alpha value is -2.77. The number of nitrogens with one attached hydrogen (secondary N) is 2. The highest BCUT2D eigenvalue weighted by Crippen LogP contribution is 2.30. The van der Waals surface area contributed by atoms with Crippen molar-refractivity contribution in [1.29, 1.82) is 0 Å². The van der Waals surface area contributed by atoms with Crippen molar-refractivity contribution in [2.24, 2.45) is 0 Å². The number of pyridine rings is 1. The number of aromatic nitrogens is 1. The minimum Gasteiger partial charge on any atom is -0.340 e.